The van der Waals surface area contributed by atoms with Crippen molar-refractivity contribution >= 4 is 28.8 Å². The van der Waals surface area contributed by atoms with Crippen molar-refractivity contribution in [3.63, 3.8) is 0 Å². The summed E-state index contributed by atoms with van der Waals surface area (Å²) >= 11 is 7.13. The summed E-state index contributed by atoms with van der Waals surface area (Å²) in [6.45, 7) is 1.49. The minimum absolute atomic E-state index is 0.271. The van der Waals surface area contributed by atoms with E-state index in [9.17, 15) is 18.0 Å². The number of halogens is 4. The minimum Gasteiger partial charge on any atom is -0.347 e. The van der Waals surface area contributed by atoms with E-state index in [1.54, 1.807) is 19.1 Å². The largest absolute Gasteiger partial charge is 0.435 e. The predicted octanol–water partition coefficient (Wildman–Crippen LogP) is 3.49. The summed E-state index contributed by atoms with van der Waals surface area (Å²) in [5.74, 6) is -0.427. The van der Waals surface area contributed by atoms with Crippen LogP contribution in [0.15, 0.2) is 24.4 Å². The summed E-state index contributed by atoms with van der Waals surface area (Å²) in [4.78, 5) is 12.6. The zero-order valence-electron chi connectivity index (χ0n) is 10.8. The van der Waals surface area contributed by atoms with Crippen LogP contribution in [0, 0.1) is 0 Å². The van der Waals surface area contributed by atoms with Crippen molar-refractivity contribution < 1.29 is 18.0 Å². The van der Waals surface area contributed by atoms with Gasteiger partial charge in [-0.1, -0.05) is 11.6 Å². The van der Waals surface area contributed by atoms with E-state index in [0.717, 1.165) is 21.8 Å². The third kappa shape index (κ3) is 4.21. The molecule has 0 saturated carbocycles. The maximum absolute atomic E-state index is 12.4. The molecular formula is C12H11ClF3N3OS. The van der Waals surface area contributed by atoms with Crippen LogP contribution in [-0.4, -0.2) is 15.7 Å². The van der Waals surface area contributed by atoms with Gasteiger partial charge < -0.3 is 5.32 Å². The molecule has 0 fully saturated rings. The number of aromatic nitrogens is 2. The van der Waals surface area contributed by atoms with Gasteiger partial charge >= 0.3 is 6.18 Å². The molecule has 2 aromatic rings. The van der Waals surface area contributed by atoms with Crippen LogP contribution >= 0.6 is 22.9 Å². The number of carbonyl (C=O) groups excluding carboxylic acids is 1. The Kier molecular flexibility index (Phi) is 4.58. The molecule has 0 aliphatic carbocycles. The Labute approximate surface area is 127 Å². The molecule has 0 unspecified atom stereocenters. The molecule has 1 atom stereocenters. The van der Waals surface area contributed by atoms with E-state index in [2.05, 4.69) is 10.4 Å². The van der Waals surface area contributed by atoms with Gasteiger partial charge in [-0.05, 0) is 25.1 Å². The molecule has 0 spiro atoms. The van der Waals surface area contributed by atoms with E-state index in [1.807, 2.05) is 0 Å². The number of thiophene rings is 1. The molecule has 1 N–H and O–H groups in total. The van der Waals surface area contributed by atoms with Gasteiger partial charge in [-0.2, -0.15) is 18.3 Å². The van der Waals surface area contributed by atoms with E-state index >= 15 is 0 Å². The van der Waals surface area contributed by atoms with Crippen LogP contribution < -0.4 is 5.32 Å². The SMILES string of the molecule is C[C@@H](NC(=O)Cn1ccc(C(F)(F)F)n1)c1ccc(Cl)s1. The zero-order chi connectivity index (χ0) is 15.6. The highest BCUT2D eigenvalue weighted by Gasteiger charge is 2.33. The Morgan fingerprint density at radius 1 is 1.48 bits per heavy atom. The lowest BCUT2D eigenvalue weighted by Crippen LogP contribution is -2.30. The quantitative estimate of drug-likeness (QED) is 0.928. The number of rotatable bonds is 4. The third-order valence-corrected chi connectivity index (χ3v) is 4.05. The van der Waals surface area contributed by atoms with Gasteiger partial charge in [0.05, 0.1) is 10.4 Å². The lowest BCUT2D eigenvalue weighted by atomic mass is 10.3. The van der Waals surface area contributed by atoms with Gasteiger partial charge in [0.15, 0.2) is 5.69 Å². The number of nitrogens with one attached hydrogen (secondary N) is 1. The fourth-order valence-electron chi connectivity index (χ4n) is 1.67. The normalized spacial score (nSPS) is 13.2. The van der Waals surface area contributed by atoms with Crippen molar-refractivity contribution in [2.24, 2.45) is 0 Å². The highest BCUT2D eigenvalue weighted by Crippen LogP contribution is 2.28. The Balaban J connectivity index is 1.94. The van der Waals surface area contributed by atoms with Crippen molar-refractivity contribution in [2.75, 3.05) is 0 Å². The summed E-state index contributed by atoms with van der Waals surface area (Å²) in [6, 6.07) is 4.06. The second-order valence-electron chi connectivity index (χ2n) is 4.33. The molecule has 114 valence electrons. The molecular weight excluding hydrogens is 327 g/mol. The molecule has 0 aromatic carbocycles. The maximum atomic E-state index is 12.4. The first kappa shape index (κ1) is 15.8. The standard InChI is InChI=1S/C12H11ClF3N3OS/c1-7(8-2-3-10(13)21-8)17-11(20)6-19-5-4-9(18-19)12(14,15)16/h2-5,7H,6H2,1H3,(H,17,20)/t7-/m1/s1. The van der Waals surface area contributed by atoms with Crippen LogP contribution in [0.2, 0.25) is 4.34 Å². The molecule has 0 aliphatic heterocycles. The van der Waals surface area contributed by atoms with Gasteiger partial charge in [0.1, 0.15) is 6.54 Å². The molecule has 2 aromatic heterocycles. The number of nitrogens with zero attached hydrogens (tertiary/aromatic N) is 2. The van der Waals surface area contributed by atoms with E-state index in [-0.39, 0.29) is 12.6 Å². The minimum atomic E-state index is -4.51. The lowest BCUT2D eigenvalue weighted by molar-refractivity contribution is -0.141. The molecule has 21 heavy (non-hydrogen) atoms. The number of alkyl halides is 3. The summed E-state index contributed by atoms with van der Waals surface area (Å²) in [6.07, 6.45) is -3.39. The highest BCUT2D eigenvalue weighted by atomic mass is 35.5. The van der Waals surface area contributed by atoms with Crippen LogP contribution in [0.5, 0.6) is 0 Å². The average Bonchev–Trinajstić information content (AvgIpc) is 2.97. The molecule has 0 saturated heterocycles. The van der Waals surface area contributed by atoms with E-state index < -0.39 is 17.8 Å². The van der Waals surface area contributed by atoms with Crippen molar-refractivity contribution in [2.45, 2.75) is 25.7 Å². The molecule has 4 nitrogen and oxygen atoms in total. The summed E-state index contributed by atoms with van der Waals surface area (Å²) < 4.78 is 38.7. The van der Waals surface area contributed by atoms with Crippen molar-refractivity contribution in [1.82, 2.24) is 15.1 Å². The lowest BCUT2D eigenvalue weighted by Gasteiger charge is -2.12. The summed E-state index contributed by atoms with van der Waals surface area (Å²) in [7, 11) is 0. The van der Waals surface area contributed by atoms with Crippen LogP contribution in [0.1, 0.15) is 23.5 Å². The van der Waals surface area contributed by atoms with E-state index in [4.69, 9.17) is 11.6 Å². The van der Waals surface area contributed by atoms with E-state index in [1.165, 1.54) is 11.3 Å². The Bertz CT molecular complexity index is 638. The molecule has 9 heteroatoms. The van der Waals surface area contributed by atoms with Crippen LogP contribution in [0.4, 0.5) is 13.2 Å². The van der Waals surface area contributed by atoms with Gasteiger partial charge in [0, 0.05) is 11.1 Å². The molecule has 1 amide bonds. The smallest absolute Gasteiger partial charge is 0.347 e. The molecule has 0 bridgehead atoms. The van der Waals surface area contributed by atoms with Gasteiger partial charge in [-0.3, -0.25) is 9.48 Å². The highest BCUT2D eigenvalue weighted by molar-refractivity contribution is 7.16. The van der Waals surface area contributed by atoms with Crippen molar-refractivity contribution in [1.29, 1.82) is 0 Å². The Morgan fingerprint density at radius 3 is 2.71 bits per heavy atom. The first-order valence-electron chi connectivity index (χ1n) is 5.91. The van der Waals surface area contributed by atoms with Crippen molar-refractivity contribution in [3.8, 4) is 0 Å². The predicted molar refractivity (Wildman–Crippen MR) is 73.1 cm³/mol. The topological polar surface area (TPSA) is 46.9 Å². The molecule has 0 radical (unpaired) electrons. The average molecular weight is 338 g/mol. The molecule has 2 heterocycles. The first-order valence-corrected chi connectivity index (χ1v) is 7.10. The van der Waals surface area contributed by atoms with E-state index in [0.29, 0.717) is 4.34 Å². The second-order valence-corrected chi connectivity index (χ2v) is 6.07. The zero-order valence-corrected chi connectivity index (χ0v) is 12.4. The van der Waals surface area contributed by atoms with Crippen LogP contribution in [0.25, 0.3) is 0 Å². The fraction of sp³-hybridized carbons (Fsp3) is 0.333. The fourth-order valence-corrected chi connectivity index (χ4v) is 2.73. The first-order chi connectivity index (χ1) is 9.75. The summed E-state index contributed by atoms with van der Waals surface area (Å²) in [5, 5.41) is 5.99. The second kappa shape index (κ2) is 6.07. The Morgan fingerprint density at radius 2 is 2.19 bits per heavy atom. The maximum Gasteiger partial charge on any atom is 0.435 e. The number of carbonyl (C=O) groups is 1. The third-order valence-electron chi connectivity index (χ3n) is 2.63. The van der Waals surface area contributed by atoms with Gasteiger partial charge in [0.2, 0.25) is 5.91 Å². The monoisotopic (exact) mass is 337 g/mol. The van der Waals surface area contributed by atoms with Gasteiger partial charge in [-0.15, -0.1) is 11.3 Å². The molecule has 0 aliphatic rings. The number of amides is 1. The molecule has 2 rings (SSSR count). The van der Waals surface area contributed by atoms with Gasteiger partial charge in [0.25, 0.3) is 0 Å². The van der Waals surface area contributed by atoms with Crippen LogP contribution in [-0.2, 0) is 17.5 Å². The number of hydrogen-bond acceptors (Lipinski definition) is 3. The number of hydrogen-bond donors (Lipinski definition) is 1. The van der Waals surface area contributed by atoms with Gasteiger partial charge in [-0.25, -0.2) is 0 Å². The van der Waals surface area contributed by atoms with Crippen molar-refractivity contribution in [3.05, 3.63) is 39.3 Å². The van der Waals surface area contributed by atoms with Crippen LogP contribution in [0.3, 0.4) is 0 Å². The Hall–Kier alpha value is -1.54. The summed E-state index contributed by atoms with van der Waals surface area (Å²) in [5.41, 5.74) is -1.02.